The predicted octanol–water partition coefficient (Wildman–Crippen LogP) is -0.704. The van der Waals surface area contributed by atoms with Crippen LogP contribution in [-0.4, -0.2) is 67.8 Å². The molecule has 0 aliphatic heterocycles. The van der Waals surface area contributed by atoms with Gasteiger partial charge in [-0.25, -0.2) is 4.79 Å². The molecular weight excluding hydrogens is 172 g/mol. The fourth-order valence-electron chi connectivity index (χ4n) is 0. The molecule has 0 fully saturated rings. The zero-order chi connectivity index (χ0) is 5.15. The first-order valence-corrected chi connectivity index (χ1v) is 1.55. The number of aliphatic carboxylic acids is 1. The van der Waals surface area contributed by atoms with Gasteiger partial charge in [-0.3, -0.25) is 0 Å². The van der Waals surface area contributed by atoms with E-state index in [1.165, 1.54) is 6.92 Å². The van der Waals surface area contributed by atoms with Gasteiger partial charge in [0.25, 0.3) is 0 Å². The van der Waals surface area contributed by atoms with Gasteiger partial charge in [-0.2, -0.15) is 0 Å². The normalized spacial score (nSPS) is 11.7. The van der Waals surface area contributed by atoms with Crippen LogP contribution in [0.4, 0.5) is 0 Å². The average molecular weight is 180 g/mol. The van der Waals surface area contributed by atoms with Crippen molar-refractivity contribution in [3.8, 4) is 0 Å². The van der Waals surface area contributed by atoms with Gasteiger partial charge in [0, 0.05) is 0 Å². The van der Waals surface area contributed by atoms with Gasteiger partial charge in [0.1, 0.15) is 6.10 Å². The molecule has 0 rings (SSSR count). The zero-order valence-corrected chi connectivity index (χ0v) is 7.56. The molecule has 0 aliphatic carbocycles. The minimum atomic E-state index is -1.23. The van der Waals surface area contributed by atoms with Crippen LogP contribution in [0.5, 0.6) is 0 Å². The molecule has 0 spiro atoms. The zero-order valence-electron chi connectivity index (χ0n) is 6.09. The smallest absolute Gasteiger partial charge is 1.00 e. The van der Waals surface area contributed by atoms with Crippen molar-refractivity contribution in [2.45, 2.75) is 13.0 Å². The van der Waals surface area contributed by atoms with E-state index in [-0.39, 0.29) is 48.3 Å². The molecule has 40 valence electrons. The second-order valence-electron chi connectivity index (χ2n) is 1.01. The van der Waals surface area contributed by atoms with Crippen LogP contribution in [0.25, 0.3) is 0 Å². The van der Waals surface area contributed by atoms with E-state index in [0.29, 0.717) is 0 Å². The van der Waals surface area contributed by atoms with E-state index < -0.39 is 12.1 Å². The van der Waals surface area contributed by atoms with Gasteiger partial charge >= 0.3 is 51.5 Å². The summed E-state index contributed by atoms with van der Waals surface area (Å²) in [6.45, 7) is 1.20. The summed E-state index contributed by atoms with van der Waals surface area (Å²) in [7, 11) is 0. The van der Waals surface area contributed by atoms with E-state index in [2.05, 4.69) is 0 Å². The summed E-state index contributed by atoms with van der Waals surface area (Å²) >= 11 is 0. The Balaban J connectivity index is -0.0000000417. The molecule has 0 saturated carbocycles. The van der Waals surface area contributed by atoms with E-state index in [0.717, 1.165) is 0 Å². The van der Waals surface area contributed by atoms with Crippen molar-refractivity contribution in [1.82, 2.24) is 0 Å². The molecule has 0 heterocycles. The van der Waals surface area contributed by atoms with Crippen LogP contribution >= 0.6 is 0 Å². The summed E-state index contributed by atoms with van der Waals surface area (Å²) in [5, 5.41) is 15.8. The molecule has 0 aromatic heterocycles. The Kier molecular flexibility index (Phi) is 7.81. The van der Waals surface area contributed by atoms with Crippen molar-refractivity contribution in [3.05, 3.63) is 0 Å². The fraction of sp³-hybridized carbons (Fsp3) is 0.667. The van der Waals surface area contributed by atoms with Crippen molar-refractivity contribution >= 4 is 51.5 Å². The molecule has 0 bridgehead atoms. The van der Waals surface area contributed by atoms with Crippen molar-refractivity contribution in [2.24, 2.45) is 0 Å². The molecule has 7 heavy (non-hydrogen) atoms. The second kappa shape index (κ2) is 5.06. The van der Waals surface area contributed by atoms with Gasteiger partial charge in [0.15, 0.2) is 0 Å². The quantitative estimate of drug-likeness (QED) is 0.524. The molecule has 0 amide bonds. The molecule has 2 N–H and O–H groups in total. The summed E-state index contributed by atoms with van der Waals surface area (Å²) in [5.41, 5.74) is 0. The third kappa shape index (κ3) is 6.91. The van der Waals surface area contributed by atoms with Crippen LogP contribution in [0.2, 0.25) is 0 Å². The van der Waals surface area contributed by atoms with Crippen LogP contribution in [0, 0.1) is 0 Å². The monoisotopic (exact) mass is 180 g/mol. The summed E-state index contributed by atoms with van der Waals surface area (Å²) in [4.78, 5) is 9.45. The SMILES string of the molecule is CC(O)C(=O)O.[H-].[H-].[Sr+2]. The predicted molar refractivity (Wildman–Crippen MR) is 27.3 cm³/mol. The molecular formula is C3H8O3Sr. The molecule has 0 aliphatic rings. The maximum Gasteiger partial charge on any atom is 2.00 e. The summed E-state index contributed by atoms with van der Waals surface area (Å²) < 4.78 is 0. The Bertz CT molecular complexity index is 68.1. The van der Waals surface area contributed by atoms with Crippen molar-refractivity contribution in [2.75, 3.05) is 0 Å². The maximum absolute atomic E-state index is 9.45. The Morgan fingerprint density at radius 2 is 2.00 bits per heavy atom. The van der Waals surface area contributed by atoms with Gasteiger partial charge < -0.3 is 13.1 Å². The molecule has 1 unspecified atom stereocenters. The Hall–Kier alpha value is 0.911. The first-order chi connectivity index (χ1) is 2.64. The van der Waals surface area contributed by atoms with Gasteiger partial charge in [-0.1, -0.05) is 0 Å². The summed E-state index contributed by atoms with van der Waals surface area (Å²) in [6, 6.07) is 0. The van der Waals surface area contributed by atoms with Gasteiger partial charge in [-0.05, 0) is 6.92 Å². The Morgan fingerprint density at radius 3 is 2.00 bits per heavy atom. The van der Waals surface area contributed by atoms with Crippen molar-refractivity contribution < 1.29 is 17.9 Å². The third-order valence-electron chi connectivity index (χ3n) is 0.357. The van der Waals surface area contributed by atoms with Gasteiger partial charge in [0.2, 0.25) is 0 Å². The first-order valence-electron chi connectivity index (χ1n) is 1.55. The number of carboxylic acid groups (broad SMARTS) is 1. The Morgan fingerprint density at radius 1 is 1.86 bits per heavy atom. The molecule has 4 heteroatoms. The number of rotatable bonds is 1. The summed E-state index contributed by atoms with van der Waals surface area (Å²) in [5.74, 6) is -1.19. The van der Waals surface area contributed by atoms with Crippen LogP contribution in [0.3, 0.4) is 0 Å². The number of aliphatic hydroxyl groups is 1. The minimum Gasteiger partial charge on any atom is -1.00 e. The van der Waals surface area contributed by atoms with Gasteiger partial charge in [-0.15, -0.1) is 0 Å². The molecule has 0 saturated heterocycles. The number of carboxylic acids is 1. The second-order valence-corrected chi connectivity index (χ2v) is 1.01. The number of hydrogen-bond donors (Lipinski definition) is 2. The molecule has 1 atom stereocenters. The number of aliphatic hydroxyl groups excluding tert-OH is 1. The van der Waals surface area contributed by atoms with E-state index in [4.69, 9.17) is 10.2 Å². The first kappa shape index (κ1) is 10.8. The van der Waals surface area contributed by atoms with Crippen molar-refractivity contribution in [3.63, 3.8) is 0 Å². The largest absolute Gasteiger partial charge is 2.00 e. The van der Waals surface area contributed by atoms with Crippen molar-refractivity contribution in [1.29, 1.82) is 0 Å². The topological polar surface area (TPSA) is 57.5 Å². The molecule has 0 aromatic carbocycles. The number of carbonyl (C=O) groups is 1. The molecule has 3 nitrogen and oxygen atoms in total. The summed E-state index contributed by atoms with van der Waals surface area (Å²) in [6.07, 6.45) is -1.23. The van der Waals surface area contributed by atoms with E-state index in [1.54, 1.807) is 0 Å². The fourth-order valence-corrected chi connectivity index (χ4v) is 0. The van der Waals surface area contributed by atoms with Crippen LogP contribution < -0.4 is 0 Å². The van der Waals surface area contributed by atoms with E-state index in [1.807, 2.05) is 0 Å². The minimum absolute atomic E-state index is 0. The standard InChI is InChI=1S/C3H6O3.Sr.2H/c1-2(4)3(5)6;;;/h2,4H,1H3,(H,5,6);;;/q;+2;2*-1. The van der Waals surface area contributed by atoms with E-state index >= 15 is 0 Å². The van der Waals surface area contributed by atoms with Gasteiger partial charge in [0.05, 0.1) is 0 Å². The Labute approximate surface area is 81.6 Å². The average Bonchev–Trinajstić information content (AvgIpc) is 1.36. The molecule has 0 radical (unpaired) electrons. The van der Waals surface area contributed by atoms with Crippen LogP contribution in [0.15, 0.2) is 0 Å². The maximum atomic E-state index is 9.45. The third-order valence-corrected chi connectivity index (χ3v) is 0.357. The van der Waals surface area contributed by atoms with E-state index in [9.17, 15) is 4.79 Å². The number of hydrogen-bond acceptors (Lipinski definition) is 2. The molecule has 0 aromatic rings. The van der Waals surface area contributed by atoms with Crippen LogP contribution in [0.1, 0.15) is 9.78 Å². The van der Waals surface area contributed by atoms with Crippen LogP contribution in [-0.2, 0) is 4.79 Å².